The van der Waals surface area contributed by atoms with Crippen LogP contribution < -0.4 is 0 Å². The maximum absolute atomic E-state index is 12.4. The number of aliphatic carboxylic acids is 1. The van der Waals surface area contributed by atoms with Crippen LogP contribution in [-0.2, 0) is 9.59 Å². The minimum absolute atomic E-state index is 0.0399. The molecule has 19 heavy (non-hydrogen) atoms. The van der Waals surface area contributed by atoms with Crippen molar-refractivity contribution in [1.82, 2.24) is 4.90 Å². The Morgan fingerprint density at radius 1 is 1.26 bits per heavy atom. The molecule has 4 heteroatoms. The number of carbonyl (C=O) groups is 2. The monoisotopic (exact) mass is 267 g/mol. The van der Waals surface area contributed by atoms with Crippen molar-refractivity contribution in [3.8, 4) is 0 Å². The van der Waals surface area contributed by atoms with Gasteiger partial charge in [0.2, 0.25) is 5.91 Å². The summed E-state index contributed by atoms with van der Waals surface area (Å²) in [5.41, 5.74) is 0. The van der Waals surface area contributed by atoms with E-state index in [-0.39, 0.29) is 23.8 Å². The smallest absolute Gasteiger partial charge is 0.308 e. The highest BCUT2D eigenvalue weighted by molar-refractivity contribution is 5.81. The first kappa shape index (κ1) is 14.4. The fraction of sp³-hybridized carbons (Fsp3) is 0.867. The molecular formula is C15H25NO3. The lowest BCUT2D eigenvalue weighted by Gasteiger charge is -2.27. The topological polar surface area (TPSA) is 57.6 Å². The van der Waals surface area contributed by atoms with Crippen molar-refractivity contribution < 1.29 is 14.7 Å². The zero-order chi connectivity index (χ0) is 14.0. The second-order valence-corrected chi connectivity index (χ2v) is 6.29. The van der Waals surface area contributed by atoms with Gasteiger partial charge in [0, 0.05) is 18.5 Å². The third-order valence-corrected chi connectivity index (χ3v) is 4.94. The van der Waals surface area contributed by atoms with Gasteiger partial charge in [0.1, 0.15) is 0 Å². The molecule has 4 nitrogen and oxygen atoms in total. The van der Waals surface area contributed by atoms with Crippen LogP contribution in [0.3, 0.4) is 0 Å². The minimum Gasteiger partial charge on any atom is -0.481 e. The number of carbonyl (C=O) groups excluding carboxylic acids is 1. The molecule has 0 spiro atoms. The summed E-state index contributed by atoms with van der Waals surface area (Å²) in [7, 11) is 0. The van der Waals surface area contributed by atoms with E-state index >= 15 is 0 Å². The van der Waals surface area contributed by atoms with Gasteiger partial charge in [-0.2, -0.15) is 0 Å². The predicted octanol–water partition coefficient (Wildman–Crippen LogP) is 2.52. The third kappa shape index (κ3) is 3.10. The van der Waals surface area contributed by atoms with Gasteiger partial charge in [-0.25, -0.2) is 0 Å². The minimum atomic E-state index is -0.772. The molecule has 1 amide bonds. The first-order chi connectivity index (χ1) is 9.00. The standard InChI is InChI=1S/C15H25NO3/c1-10(9-12-5-3-4-6-12)14(17)16-8-7-13(11(16)2)15(18)19/h10-13H,3-9H2,1-2H3,(H,18,19). The highest BCUT2D eigenvalue weighted by atomic mass is 16.4. The molecule has 0 aromatic rings. The van der Waals surface area contributed by atoms with Crippen molar-refractivity contribution in [2.24, 2.45) is 17.8 Å². The van der Waals surface area contributed by atoms with Gasteiger partial charge in [-0.05, 0) is 25.7 Å². The van der Waals surface area contributed by atoms with Gasteiger partial charge in [-0.3, -0.25) is 9.59 Å². The number of rotatable bonds is 4. The number of hydrogen-bond acceptors (Lipinski definition) is 2. The van der Waals surface area contributed by atoms with Crippen LogP contribution in [0.5, 0.6) is 0 Å². The highest BCUT2D eigenvalue weighted by Crippen LogP contribution is 2.32. The highest BCUT2D eigenvalue weighted by Gasteiger charge is 2.39. The number of nitrogens with zero attached hydrogens (tertiary/aromatic N) is 1. The molecular weight excluding hydrogens is 242 g/mol. The van der Waals surface area contributed by atoms with Crippen molar-refractivity contribution in [3.05, 3.63) is 0 Å². The van der Waals surface area contributed by atoms with Crippen molar-refractivity contribution in [1.29, 1.82) is 0 Å². The molecule has 3 unspecified atom stereocenters. The molecule has 1 aliphatic carbocycles. The van der Waals surface area contributed by atoms with Crippen LogP contribution in [0.15, 0.2) is 0 Å². The summed E-state index contributed by atoms with van der Waals surface area (Å²) in [4.78, 5) is 25.3. The first-order valence-electron chi connectivity index (χ1n) is 7.54. The van der Waals surface area contributed by atoms with E-state index in [1.54, 1.807) is 4.90 Å². The van der Waals surface area contributed by atoms with Crippen LogP contribution in [0.4, 0.5) is 0 Å². The lowest BCUT2D eigenvalue weighted by molar-refractivity contribution is -0.143. The molecule has 108 valence electrons. The second kappa shape index (κ2) is 5.93. The van der Waals surface area contributed by atoms with Gasteiger partial charge in [0.15, 0.2) is 0 Å². The van der Waals surface area contributed by atoms with Crippen molar-refractivity contribution in [2.45, 2.75) is 58.4 Å². The van der Waals surface area contributed by atoms with Gasteiger partial charge in [-0.1, -0.05) is 32.6 Å². The van der Waals surface area contributed by atoms with E-state index in [2.05, 4.69) is 0 Å². The Labute approximate surface area is 115 Å². The zero-order valence-electron chi connectivity index (χ0n) is 12.0. The maximum atomic E-state index is 12.4. The van der Waals surface area contributed by atoms with Crippen LogP contribution in [-0.4, -0.2) is 34.5 Å². The van der Waals surface area contributed by atoms with Crippen LogP contribution >= 0.6 is 0 Å². The third-order valence-electron chi connectivity index (χ3n) is 4.94. The summed E-state index contributed by atoms with van der Waals surface area (Å²) in [6.07, 6.45) is 6.67. The molecule has 1 saturated carbocycles. The van der Waals surface area contributed by atoms with Crippen molar-refractivity contribution >= 4 is 11.9 Å². The van der Waals surface area contributed by atoms with Crippen molar-refractivity contribution in [2.75, 3.05) is 6.54 Å². The fourth-order valence-corrected chi connectivity index (χ4v) is 3.71. The molecule has 0 radical (unpaired) electrons. The molecule has 0 bridgehead atoms. The number of hydrogen-bond donors (Lipinski definition) is 1. The molecule has 0 aromatic heterocycles. The Morgan fingerprint density at radius 2 is 1.89 bits per heavy atom. The van der Waals surface area contributed by atoms with Gasteiger partial charge in [-0.15, -0.1) is 0 Å². The maximum Gasteiger partial charge on any atom is 0.308 e. The summed E-state index contributed by atoms with van der Waals surface area (Å²) in [6.45, 7) is 4.47. The second-order valence-electron chi connectivity index (χ2n) is 6.29. The van der Waals surface area contributed by atoms with Gasteiger partial charge in [0.25, 0.3) is 0 Å². The van der Waals surface area contributed by atoms with Crippen LogP contribution in [0.25, 0.3) is 0 Å². The Hall–Kier alpha value is -1.06. The number of likely N-dealkylation sites (tertiary alicyclic amines) is 1. The Kier molecular flexibility index (Phi) is 4.48. The molecule has 1 saturated heterocycles. The summed E-state index contributed by atoms with van der Waals surface area (Å²) in [6, 6.07) is -0.156. The Bertz CT molecular complexity index is 349. The van der Waals surface area contributed by atoms with E-state index in [0.717, 1.165) is 6.42 Å². The van der Waals surface area contributed by atoms with Gasteiger partial charge >= 0.3 is 5.97 Å². The summed E-state index contributed by atoms with van der Waals surface area (Å²) in [5.74, 6) is -0.262. The summed E-state index contributed by atoms with van der Waals surface area (Å²) < 4.78 is 0. The molecule has 0 aromatic carbocycles. The summed E-state index contributed by atoms with van der Waals surface area (Å²) >= 11 is 0. The molecule has 1 aliphatic heterocycles. The number of carboxylic acids is 1. The molecule has 2 aliphatic rings. The normalized spacial score (nSPS) is 29.7. The van der Waals surface area contributed by atoms with E-state index in [4.69, 9.17) is 5.11 Å². The molecule has 2 rings (SSSR count). The SMILES string of the molecule is CC(CC1CCCC1)C(=O)N1CCC(C(=O)O)C1C. The Balaban J connectivity index is 1.90. The van der Waals surface area contributed by atoms with Crippen LogP contribution in [0.1, 0.15) is 52.4 Å². The van der Waals surface area contributed by atoms with Crippen LogP contribution in [0, 0.1) is 17.8 Å². The van der Waals surface area contributed by atoms with Crippen LogP contribution in [0.2, 0.25) is 0 Å². The van der Waals surface area contributed by atoms with E-state index in [1.807, 2.05) is 13.8 Å². The lowest BCUT2D eigenvalue weighted by Crippen LogP contribution is -2.40. The predicted molar refractivity (Wildman–Crippen MR) is 72.7 cm³/mol. The number of amides is 1. The van der Waals surface area contributed by atoms with Crippen molar-refractivity contribution in [3.63, 3.8) is 0 Å². The lowest BCUT2D eigenvalue weighted by atomic mass is 9.93. The first-order valence-corrected chi connectivity index (χ1v) is 7.54. The number of carboxylic acid groups (broad SMARTS) is 1. The fourth-order valence-electron chi connectivity index (χ4n) is 3.71. The molecule has 1 heterocycles. The van der Waals surface area contributed by atoms with E-state index in [9.17, 15) is 9.59 Å². The van der Waals surface area contributed by atoms with E-state index < -0.39 is 5.97 Å². The average molecular weight is 267 g/mol. The van der Waals surface area contributed by atoms with Gasteiger partial charge in [0.05, 0.1) is 5.92 Å². The van der Waals surface area contributed by atoms with Gasteiger partial charge < -0.3 is 10.0 Å². The quantitative estimate of drug-likeness (QED) is 0.851. The molecule has 1 N–H and O–H groups in total. The molecule has 3 atom stereocenters. The zero-order valence-corrected chi connectivity index (χ0v) is 12.0. The summed E-state index contributed by atoms with van der Waals surface area (Å²) in [5, 5.41) is 9.11. The molecule has 2 fully saturated rings. The van der Waals surface area contributed by atoms with E-state index in [0.29, 0.717) is 18.9 Å². The largest absolute Gasteiger partial charge is 0.481 e. The average Bonchev–Trinajstić information content (AvgIpc) is 2.97. The van der Waals surface area contributed by atoms with E-state index in [1.165, 1.54) is 25.7 Å². The Morgan fingerprint density at radius 3 is 2.42 bits per heavy atom.